The van der Waals surface area contributed by atoms with E-state index in [2.05, 4.69) is 10.2 Å². The Balaban J connectivity index is 1.89. The maximum absolute atomic E-state index is 12.0. The third-order valence-electron chi connectivity index (χ3n) is 3.52. The lowest BCUT2D eigenvalue weighted by Gasteiger charge is -2.19. The zero-order valence-electron chi connectivity index (χ0n) is 12.5. The fraction of sp³-hybridized carbons (Fsp3) is 0.235. The van der Waals surface area contributed by atoms with Crippen LogP contribution in [0.2, 0.25) is 0 Å². The van der Waals surface area contributed by atoms with Gasteiger partial charge in [0.15, 0.2) is 0 Å². The van der Waals surface area contributed by atoms with Gasteiger partial charge in [-0.2, -0.15) is 0 Å². The fourth-order valence-corrected chi connectivity index (χ4v) is 2.08. The third kappa shape index (κ3) is 3.99. The van der Waals surface area contributed by atoms with E-state index in [4.69, 9.17) is 5.73 Å². The molecule has 2 rings (SSSR count). The van der Waals surface area contributed by atoms with E-state index in [9.17, 15) is 4.79 Å². The number of carbonyl (C=O) groups is 1. The first-order valence-electron chi connectivity index (χ1n) is 6.99. The summed E-state index contributed by atoms with van der Waals surface area (Å²) in [6.07, 6.45) is 0.430. The van der Waals surface area contributed by atoms with Gasteiger partial charge in [-0.3, -0.25) is 4.79 Å². The van der Waals surface area contributed by atoms with Crippen LogP contribution in [0.1, 0.15) is 12.0 Å². The number of hydrogen-bond donors (Lipinski definition) is 2. The lowest BCUT2D eigenvalue weighted by molar-refractivity contribution is -0.116. The predicted molar refractivity (Wildman–Crippen MR) is 88.6 cm³/mol. The first-order chi connectivity index (χ1) is 10.1. The van der Waals surface area contributed by atoms with Crippen LogP contribution in [0.4, 0.5) is 17.1 Å². The van der Waals surface area contributed by atoms with E-state index in [0.717, 1.165) is 16.9 Å². The Bertz CT molecular complexity index is 611. The molecule has 0 atom stereocenters. The number of amides is 1. The number of benzene rings is 2. The van der Waals surface area contributed by atoms with Gasteiger partial charge in [0, 0.05) is 37.1 Å². The predicted octanol–water partition coefficient (Wildman–Crippen LogP) is 3.04. The minimum absolute atomic E-state index is 0.00789. The molecule has 2 aromatic rings. The lowest BCUT2D eigenvalue weighted by atomic mass is 10.1. The van der Waals surface area contributed by atoms with E-state index < -0.39 is 0 Å². The number of nitrogen functional groups attached to an aromatic ring is 1. The van der Waals surface area contributed by atoms with Crippen molar-refractivity contribution in [3.05, 3.63) is 54.1 Å². The largest absolute Gasteiger partial charge is 0.398 e. The summed E-state index contributed by atoms with van der Waals surface area (Å²) >= 11 is 0. The molecular formula is C17H21N3O. The Morgan fingerprint density at radius 1 is 1.14 bits per heavy atom. The molecule has 0 heterocycles. The molecule has 0 fully saturated rings. The summed E-state index contributed by atoms with van der Waals surface area (Å²) in [7, 11) is 1.98. The number of nitrogens with two attached hydrogens (primary N) is 1. The summed E-state index contributed by atoms with van der Waals surface area (Å²) in [6.45, 7) is 2.57. The van der Waals surface area contributed by atoms with Gasteiger partial charge < -0.3 is 16.0 Å². The summed E-state index contributed by atoms with van der Waals surface area (Å²) in [5.74, 6) is -0.00789. The normalized spacial score (nSPS) is 10.2. The SMILES string of the molecule is Cc1c(N)cccc1NC(=O)CCN(C)c1ccccc1. The second-order valence-corrected chi connectivity index (χ2v) is 5.08. The van der Waals surface area contributed by atoms with Crippen LogP contribution in [-0.4, -0.2) is 19.5 Å². The minimum atomic E-state index is -0.00789. The summed E-state index contributed by atoms with van der Waals surface area (Å²) in [5.41, 5.74) is 9.31. The highest BCUT2D eigenvalue weighted by Gasteiger charge is 2.08. The Hall–Kier alpha value is -2.49. The topological polar surface area (TPSA) is 58.4 Å². The fourth-order valence-electron chi connectivity index (χ4n) is 2.08. The molecule has 0 saturated carbocycles. The van der Waals surface area contributed by atoms with Crippen molar-refractivity contribution in [2.24, 2.45) is 0 Å². The van der Waals surface area contributed by atoms with Crippen molar-refractivity contribution in [3.8, 4) is 0 Å². The number of para-hydroxylation sites is 1. The number of hydrogen-bond acceptors (Lipinski definition) is 3. The van der Waals surface area contributed by atoms with Crippen LogP contribution in [0.15, 0.2) is 48.5 Å². The molecule has 3 N–H and O–H groups in total. The smallest absolute Gasteiger partial charge is 0.226 e. The second kappa shape index (κ2) is 6.79. The van der Waals surface area contributed by atoms with E-state index in [-0.39, 0.29) is 5.91 Å². The highest BCUT2D eigenvalue weighted by Crippen LogP contribution is 2.20. The first kappa shape index (κ1) is 14.9. The zero-order valence-corrected chi connectivity index (χ0v) is 12.5. The van der Waals surface area contributed by atoms with Gasteiger partial charge in [-0.15, -0.1) is 0 Å². The van der Waals surface area contributed by atoms with Crippen molar-refractivity contribution in [1.29, 1.82) is 0 Å². The van der Waals surface area contributed by atoms with Crippen LogP contribution in [0, 0.1) is 6.92 Å². The highest BCUT2D eigenvalue weighted by atomic mass is 16.1. The summed E-state index contributed by atoms with van der Waals surface area (Å²) in [5, 5.41) is 2.91. The molecular weight excluding hydrogens is 262 g/mol. The molecule has 0 radical (unpaired) electrons. The quantitative estimate of drug-likeness (QED) is 0.829. The van der Waals surface area contributed by atoms with Gasteiger partial charge in [0.1, 0.15) is 0 Å². The maximum Gasteiger partial charge on any atom is 0.226 e. The Labute approximate surface area is 125 Å². The molecule has 0 bridgehead atoms. The van der Waals surface area contributed by atoms with E-state index in [1.165, 1.54) is 0 Å². The zero-order chi connectivity index (χ0) is 15.2. The monoisotopic (exact) mass is 283 g/mol. The van der Waals surface area contributed by atoms with Gasteiger partial charge in [0.2, 0.25) is 5.91 Å². The van der Waals surface area contributed by atoms with Gasteiger partial charge >= 0.3 is 0 Å². The van der Waals surface area contributed by atoms with Gasteiger partial charge in [0.25, 0.3) is 0 Å². The standard InChI is InChI=1S/C17H21N3O/c1-13-15(18)9-6-10-16(13)19-17(21)11-12-20(2)14-7-4-3-5-8-14/h3-10H,11-12,18H2,1-2H3,(H,19,21). The number of rotatable bonds is 5. The Morgan fingerprint density at radius 2 is 1.86 bits per heavy atom. The molecule has 0 aliphatic carbocycles. The van der Waals surface area contributed by atoms with Crippen molar-refractivity contribution in [1.82, 2.24) is 0 Å². The van der Waals surface area contributed by atoms with Crippen LogP contribution in [0.3, 0.4) is 0 Å². The molecule has 1 amide bonds. The number of nitrogens with one attached hydrogen (secondary N) is 1. The van der Waals surface area contributed by atoms with Gasteiger partial charge in [0.05, 0.1) is 0 Å². The molecule has 0 saturated heterocycles. The summed E-state index contributed by atoms with van der Waals surface area (Å²) in [4.78, 5) is 14.1. The molecule has 2 aromatic carbocycles. The van der Waals surface area contributed by atoms with Crippen molar-refractivity contribution in [2.75, 3.05) is 29.5 Å². The van der Waals surface area contributed by atoms with Gasteiger partial charge in [-0.05, 0) is 36.8 Å². The Morgan fingerprint density at radius 3 is 2.57 bits per heavy atom. The first-order valence-corrected chi connectivity index (χ1v) is 6.99. The van der Waals surface area contributed by atoms with Crippen molar-refractivity contribution in [3.63, 3.8) is 0 Å². The van der Waals surface area contributed by atoms with E-state index >= 15 is 0 Å². The van der Waals surface area contributed by atoms with E-state index in [1.54, 1.807) is 0 Å². The number of nitrogens with zero attached hydrogens (tertiary/aromatic N) is 1. The minimum Gasteiger partial charge on any atom is -0.398 e. The highest BCUT2D eigenvalue weighted by molar-refractivity contribution is 5.92. The van der Waals surface area contributed by atoms with Crippen LogP contribution in [-0.2, 0) is 4.79 Å². The van der Waals surface area contributed by atoms with Crippen LogP contribution in [0.25, 0.3) is 0 Å². The maximum atomic E-state index is 12.0. The van der Waals surface area contributed by atoms with Crippen LogP contribution in [0.5, 0.6) is 0 Å². The molecule has 110 valence electrons. The molecule has 4 heteroatoms. The Kier molecular flexibility index (Phi) is 4.82. The molecule has 0 unspecified atom stereocenters. The van der Waals surface area contributed by atoms with E-state index in [1.807, 2.05) is 62.5 Å². The molecule has 4 nitrogen and oxygen atoms in total. The average molecular weight is 283 g/mol. The summed E-state index contributed by atoms with van der Waals surface area (Å²) < 4.78 is 0. The van der Waals surface area contributed by atoms with Crippen molar-refractivity contribution < 1.29 is 4.79 Å². The number of anilines is 3. The van der Waals surface area contributed by atoms with Gasteiger partial charge in [-0.1, -0.05) is 24.3 Å². The van der Waals surface area contributed by atoms with Crippen molar-refractivity contribution >= 4 is 23.0 Å². The summed E-state index contributed by atoms with van der Waals surface area (Å²) in [6, 6.07) is 15.5. The molecule has 0 aromatic heterocycles. The lowest BCUT2D eigenvalue weighted by Crippen LogP contribution is -2.24. The molecule has 0 aliphatic rings. The molecule has 21 heavy (non-hydrogen) atoms. The molecule has 0 spiro atoms. The molecule has 0 aliphatic heterocycles. The second-order valence-electron chi connectivity index (χ2n) is 5.08. The average Bonchev–Trinajstić information content (AvgIpc) is 2.50. The van der Waals surface area contributed by atoms with Crippen LogP contribution < -0.4 is 16.0 Å². The third-order valence-corrected chi connectivity index (χ3v) is 3.52. The number of carbonyl (C=O) groups excluding carboxylic acids is 1. The van der Waals surface area contributed by atoms with Crippen LogP contribution >= 0.6 is 0 Å². The van der Waals surface area contributed by atoms with Crippen molar-refractivity contribution in [2.45, 2.75) is 13.3 Å². The van der Waals surface area contributed by atoms with Gasteiger partial charge in [-0.25, -0.2) is 0 Å². The van der Waals surface area contributed by atoms with E-state index in [0.29, 0.717) is 18.7 Å².